The van der Waals surface area contributed by atoms with E-state index in [1.807, 2.05) is 25.1 Å². The number of aliphatic hydroxyl groups is 1. The summed E-state index contributed by atoms with van der Waals surface area (Å²) >= 11 is 0. The van der Waals surface area contributed by atoms with Crippen LogP contribution < -0.4 is 5.32 Å². The van der Waals surface area contributed by atoms with Crippen molar-refractivity contribution in [2.24, 2.45) is 0 Å². The van der Waals surface area contributed by atoms with Crippen molar-refractivity contribution in [3.8, 4) is 0 Å². The highest BCUT2D eigenvalue weighted by atomic mass is 32.2. The molecular weight excluding hydrogens is 334 g/mol. The van der Waals surface area contributed by atoms with Crippen molar-refractivity contribution in [2.45, 2.75) is 30.9 Å². The molecule has 0 aromatic heterocycles. The lowest BCUT2D eigenvalue weighted by Gasteiger charge is -2.26. The van der Waals surface area contributed by atoms with Gasteiger partial charge in [-0.15, -0.1) is 0 Å². The zero-order valence-electron chi connectivity index (χ0n) is 14.5. The van der Waals surface area contributed by atoms with Crippen molar-refractivity contribution in [3.05, 3.63) is 70.3 Å². The van der Waals surface area contributed by atoms with E-state index in [1.54, 1.807) is 12.1 Å². The molecule has 1 aliphatic heterocycles. The maximum atomic E-state index is 11.5. The third kappa shape index (κ3) is 4.00. The summed E-state index contributed by atoms with van der Waals surface area (Å²) in [6.07, 6.45) is 6.28. The first-order chi connectivity index (χ1) is 11.9. The van der Waals surface area contributed by atoms with Crippen LogP contribution in [-0.2, 0) is 22.9 Å². The van der Waals surface area contributed by atoms with E-state index < -0.39 is 9.84 Å². The third-order valence-electron chi connectivity index (χ3n) is 4.65. The Bertz CT molecular complexity index is 899. The summed E-state index contributed by atoms with van der Waals surface area (Å²) in [5.74, 6) is 0. The standard InChI is InChI=1S/C20H23NO3S/c1-14-11-16-9-10-21-20(19(16)12-17(14)13-22)8-5-15-3-6-18(7-4-15)25(2,23)24/h3-8,11-12,20-22H,9-10,13H2,1-2H3/b8-5+. The monoisotopic (exact) mass is 357 g/mol. The molecule has 25 heavy (non-hydrogen) atoms. The van der Waals surface area contributed by atoms with Gasteiger partial charge in [0.05, 0.1) is 17.5 Å². The van der Waals surface area contributed by atoms with E-state index in [-0.39, 0.29) is 12.6 Å². The van der Waals surface area contributed by atoms with Crippen LogP contribution in [0.5, 0.6) is 0 Å². The van der Waals surface area contributed by atoms with E-state index in [0.717, 1.165) is 29.7 Å². The van der Waals surface area contributed by atoms with Gasteiger partial charge in [0, 0.05) is 12.8 Å². The third-order valence-corrected chi connectivity index (χ3v) is 5.78. The van der Waals surface area contributed by atoms with Crippen molar-refractivity contribution in [2.75, 3.05) is 12.8 Å². The molecule has 1 atom stereocenters. The van der Waals surface area contributed by atoms with Crippen molar-refractivity contribution < 1.29 is 13.5 Å². The van der Waals surface area contributed by atoms with Crippen LogP contribution in [-0.4, -0.2) is 26.3 Å². The van der Waals surface area contributed by atoms with Crippen LogP contribution in [0.3, 0.4) is 0 Å². The number of benzene rings is 2. The number of aryl methyl sites for hydroxylation is 1. The number of aliphatic hydroxyl groups excluding tert-OH is 1. The molecule has 0 saturated heterocycles. The summed E-state index contributed by atoms with van der Waals surface area (Å²) in [7, 11) is -3.17. The molecular formula is C20H23NO3S. The summed E-state index contributed by atoms with van der Waals surface area (Å²) in [6.45, 7) is 2.98. The summed E-state index contributed by atoms with van der Waals surface area (Å²) in [5, 5.41) is 13.0. The van der Waals surface area contributed by atoms with E-state index in [9.17, 15) is 13.5 Å². The summed E-state index contributed by atoms with van der Waals surface area (Å²) in [5.41, 5.74) is 5.55. The van der Waals surface area contributed by atoms with E-state index in [2.05, 4.69) is 23.5 Å². The number of nitrogens with one attached hydrogen (secondary N) is 1. The molecule has 1 aliphatic rings. The molecule has 0 bridgehead atoms. The maximum Gasteiger partial charge on any atom is 0.175 e. The van der Waals surface area contributed by atoms with Gasteiger partial charge in [0.15, 0.2) is 9.84 Å². The van der Waals surface area contributed by atoms with Crippen molar-refractivity contribution in [1.82, 2.24) is 5.32 Å². The minimum atomic E-state index is -3.17. The molecule has 3 rings (SSSR count). The minimum Gasteiger partial charge on any atom is -0.392 e. The lowest BCUT2D eigenvalue weighted by atomic mass is 9.90. The van der Waals surface area contributed by atoms with E-state index in [4.69, 9.17) is 0 Å². The Kier molecular flexibility index (Phi) is 5.08. The molecule has 1 unspecified atom stereocenters. The van der Waals surface area contributed by atoms with Crippen LogP contribution in [0.2, 0.25) is 0 Å². The molecule has 0 amide bonds. The molecule has 0 aliphatic carbocycles. The first kappa shape index (κ1) is 17.9. The van der Waals surface area contributed by atoms with Crippen LogP contribution in [0.1, 0.15) is 33.9 Å². The molecule has 1 heterocycles. The molecule has 5 heteroatoms. The molecule has 2 N–H and O–H groups in total. The fraction of sp³-hybridized carbons (Fsp3) is 0.300. The van der Waals surface area contributed by atoms with Gasteiger partial charge in [-0.2, -0.15) is 0 Å². The zero-order chi connectivity index (χ0) is 18.0. The van der Waals surface area contributed by atoms with E-state index in [0.29, 0.717) is 4.90 Å². The Morgan fingerprint density at radius 3 is 2.60 bits per heavy atom. The predicted molar refractivity (Wildman–Crippen MR) is 100 cm³/mol. The van der Waals surface area contributed by atoms with Gasteiger partial charge in [-0.1, -0.05) is 36.4 Å². The highest BCUT2D eigenvalue weighted by Gasteiger charge is 2.18. The highest BCUT2D eigenvalue weighted by Crippen LogP contribution is 2.28. The summed E-state index contributed by atoms with van der Waals surface area (Å²) < 4.78 is 23.1. The van der Waals surface area contributed by atoms with Crippen molar-refractivity contribution in [1.29, 1.82) is 0 Å². The smallest absolute Gasteiger partial charge is 0.175 e. The first-order valence-electron chi connectivity index (χ1n) is 8.33. The van der Waals surface area contributed by atoms with Crippen LogP contribution in [0.15, 0.2) is 47.4 Å². The normalized spacial score (nSPS) is 17.6. The maximum absolute atomic E-state index is 11.5. The molecule has 0 saturated carbocycles. The van der Waals surface area contributed by atoms with Crippen LogP contribution in [0.25, 0.3) is 6.08 Å². The quantitative estimate of drug-likeness (QED) is 0.883. The average Bonchev–Trinajstić information content (AvgIpc) is 2.58. The van der Waals surface area contributed by atoms with Crippen molar-refractivity contribution in [3.63, 3.8) is 0 Å². The second-order valence-corrected chi connectivity index (χ2v) is 8.53. The van der Waals surface area contributed by atoms with Gasteiger partial charge >= 0.3 is 0 Å². The molecule has 2 aromatic carbocycles. The van der Waals surface area contributed by atoms with Gasteiger partial charge in [0.2, 0.25) is 0 Å². The summed E-state index contributed by atoms with van der Waals surface area (Å²) in [6, 6.07) is 11.2. The van der Waals surface area contributed by atoms with Gasteiger partial charge in [0.1, 0.15) is 0 Å². The van der Waals surface area contributed by atoms with Gasteiger partial charge in [-0.05, 0) is 53.3 Å². The average molecular weight is 357 g/mol. The Hall–Kier alpha value is -1.95. The largest absolute Gasteiger partial charge is 0.392 e. The predicted octanol–water partition coefficient (Wildman–Crippen LogP) is 2.79. The second-order valence-electron chi connectivity index (χ2n) is 6.52. The number of sulfone groups is 1. The zero-order valence-corrected chi connectivity index (χ0v) is 15.3. The topological polar surface area (TPSA) is 66.4 Å². The molecule has 2 aromatic rings. The first-order valence-corrected chi connectivity index (χ1v) is 10.2. The Morgan fingerprint density at radius 1 is 1.24 bits per heavy atom. The van der Waals surface area contributed by atoms with E-state index in [1.165, 1.54) is 17.4 Å². The fourth-order valence-corrected chi connectivity index (χ4v) is 3.82. The van der Waals surface area contributed by atoms with Gasteiger partial charge in [-0.3, -0.25) is 0 Å². The number of rotatable bonds is 4. The van der Waals surface area contributed by atoms with E-state index >= 15 is 0 Å². The minimum absolute atomic E-state index is 0.0441. The second kappa shape index (κ2) is 7.12. The lowest BCUT2D eigenvalue weighted by molar-refractivity contribution is 0.280. The molecule has 0 spiro atoms. The van der Waals surface area contributed by atoms with Crippen LogP contribution >= 0.6 is 0 Å². The molecule has 0 radical (unpaired) electrons. The number of hydrogen-bond acceptors (Lipinski definition) is 4. The Balaban J connectivity index is 1.86. The Morgan fingerprint density at radius 2 is 1.96 bits per heavy atom. The fourth-order valence-electron chi connectivity index (χ4n) is 3.19. The van der Waals surface area contributed by atoms with Gasteiger partial charge < -0.3 is 10.4 Å². The molecule has 132 valence electrons. The SMILES string of the molecule is Cc1cc2c(cc1CO)C(/C=C/c1ccc(S(C)(=O)=O)cc1)NCC2. The Labute approximate surface area is 149 Å². The highest BCUT2D eigenvalue weighted by molar-refractivity contribution is 7.90. The number of fused-ring (bicyclic) bond motifs is 1. The van der Waals surface area contributed by atoms with Crippen LogP contribution in [0, 0.1) is 6.92 Å². The van der Waals surface area contributed by atoms with Crippen LogP contribution in [0.4, 0.5) is 0 Å². The summed E-state index contributed by atoms with van der Waals surface area (Å²) in [4.78, 5) is 0.328. The van der Waals surface area contributed by atoms with Gasteiger partial charge in [-0.25, -0.2) is 8.42 Å². The molecule has 0 fully saturated rings. The lowest BCUT2D eigenvalue weighted by Crippen LogP contribution is -2.28. The number of hydrogen-bond donors (Lipinski definition) is 2. The van der Waals surface area contributed by atoms with Gasteiger partial charge in [0.25, 0.3) is 0 Å². The molecule has 4 nitrogen and oxygen atoms in total. The van der Waals surface area contributed by atoms with Crippen molar-refractivity contribution >= 4 is 15.9 Å².